The molecule has 3 nitrogen and oxygen atoms in total. The highest BCUT2D eigenvalue weighted by Crippen LogP contribution is 1.97. The Labute approximate surface area is 134 Å². The second-order valence-corrected chi connectivity index (χ2v) is 4.91. The van der Waals surface area contributed by atoms with Gasteiger partial charge in [-0.25, -0.2) is 0 Å². The molecule has 0 aliphatic rings. The van der Waals surface area contributed by atoms with E-state index in [4.69, 9.17) is 0 Å². The Hall–Kier alpha value is 0.0900. The first kappa shape index (κ1) is 20.4. The summed E-state index contributed by atoms with van der Waals surface area (Å²) in [5.41, 5.74) is 0. The molecule has 0 atom stereocenters. The maximum Gasteiger partial charge on any atom is 0.191 e. The van der Waals surface area contributed by atoms with Gasteiger partial charge in [-0.3, -0.25) is 4.99 Å². The second-order valence-electron chi connectivity index (χ2n) is 3.76. The van der Waals surface area contributed by atoms with E-state index in [2.05, 4.69) is 36.1 Å². The van der Waals surface area contributed by atoms with Crippen molar-refractivity contribution in [3.8, 4) is 0 Å². The van der Waals surface area contributed by atoms with Gasteiger partial charge in [-0.1, -0.05) is 25.8 Å². The third kappa shape index (κ3) is 14.2. The van der Waals surface area contributed by atoms with Gasteiger partial charge in [0.2, 0.25) is 0 Å². The number of rotatable bonds is 10. The molecule has 18 heavy (non-hydrogen) atoms. The van der Waals surface area contributed by atoms with Crippen LogP contribution in [0.4, 0.5) is 0 Å². The number of thioether (sulfide) groups is 1. The molecule has 0 heterocycles. The van der Waals surface area contributed by atoms with E-state index in [1.165, 1.54) is 19.3 Å². The number of nitrogens with one attached hydrogen (secondary N) is 2. The zero-order chi connectivity index (χ0) is 12.8. The van der Waals surface area contributed by atoms with Gasteiger partial charge >= 0.3 is 0 Å². The highest BCUT2D eigenvalue weighted by molar-refractivity contribution is 14.0. The number of unbranched alkanes of at least 4 members (excludes halogenated alkanes) is 2. The molecule has 0 aromatic carbocycles. The molecule has 0 fully saturated rings. The van der Waals surface area contributed by atoms with Crippen molar-refractivity contribution in [1.82, 2.24) is 10.6 Å². The fourth-order valence-electron chi connectivity index (χ4n) is 1.30. The fourth-order valence-corrected chi connectivity index (χ4v) is 1.88. The standard InChI is InChI=1S/C13H27N3S.HI/c1-4-7-8-9-15-13(14-6-3)16-10-12-17-11-5-2;/h5H,2,4,6-12H2,1,3H3,(H2,14,15,16);1H. The Morgan fingerprint density at radius 3 is 2.67 bits per heavy atom. The SMILES string of the molecule is C=CCSCCNC(=NCCCCC)NCC.I. The quantitative estimate of drug-likeness (QED) is 0.199. The van der Waals surface area contributed by atoms with Crippen LogP contribution in [0, 0.1) is 0 Å². The summed E-state index contributed by atoms with van der Waals surface area (Å²) in [6.07, 6.45) is 5.63. The van der Waals surface area contributed by atoms with Gasteiger partial charge in [-0.15, -0.1) is 30.6 Å². The number of aliphatic imine (C=N–C) groups is 1. The molecule has 0 aromatic heterocycles. The summed E-state index contributed by atoms with van der Waals surface area (Å²) in [5, 5.41) is 6.60. The first-order valence-electron chi connectivity index (χ1n) is 6.56. The normalized spacial score (nSPS) is 10.7. The van der Waals surface area contributed by atoms with Gasteiger partial charge < -0.3 is 10.6 Å². The van der Waals surface area contributed by atoms with Crippen LogP contribution in [-0.2, 0) is 0 Å². The van der Waals surface area contributed by atoms with E-state index in [0.29, 0.717) is 0 Å². The number of halogens is 1. The molecule has 0 rings (SSSR count). The van der Waals surface area contributed by atoms with E-state index < -0.39 is 0 Å². The van der Waals surface area contributed by atoms with E-state index in [0.717, 1.165) is 37.1 Å². The number of guanidine groups is 1. The minimum absolute atomic E-state index is 0. The summed E-state index contributed by atoms with van der Waals surface area (Å²) in [6.45, 7) is 10.8. The summed E-state index contributed by atoms with van der Waals surface area (Å²) >= 11 is 1.88. The first-order valence-corrected chi connectivity index (χ1v) is 7.71. The van der Waals surface area contributed by atoms with Gasteiger partial charge in [0.05, 0.1) is 0 Å². The van der Waals surface area contributed by atoms with Crippen molar-refractivity contribution < 1.29 is 0 Å². The molecule has 0 spiro atoms. The molecule has 0 unspecified atom stereocenters. The monoisotopic (exact) mass is 385 g/mol. The fraction of sp³-hybridized carbons (Fsp3) is 0.769. The van der Waals surface area contributed by atoms with Crippen molar-refractivity contribution in [2.24, 2.45) is 4.99 Å². The van der Waals surface area contributed by atoms with Crippen LogP contribution < -0.4 is 10.6 Å². The molecule has 0 saturated heterocycles. The third-order valence-electron chi connectivity index (χ3n) is 2.15. The summed E-state index contributed by atoms with van der Waals surface area (Å²) < 4.78 is 0. The van der Waals surface area contributed by atoms with Crippen LogP contribution in [0.5, 0.6) is 0 Å². The van der Waals surface area contributed by atoms with E-state index in [9.17, 15) is 0 Å². The highest BCUT2D eigenvalue weighted by atomic mass is 127. The zero-order valence-electron chi connectivity index (χ0n) is 11.7. The molecular formula is C13H28IN3S. The van der Waals surface area contributed by atoms with Gasteiger partial charge in [0, 0.05) is 31.1 Å². The number of hydrogen-bond donors (Lipinski definition) is 2. The topological polar surface area (TPSA) is 36.4 Å². The minimum atomic E-state index is 0. The van der Waals surface area contributed by atoms with Gasteiger partial charge in [0.25, 0.3) is 0 Å². The van der Waals surface area contributed by atoms with Gasteiger partial charge in [0.15, 0.2) is 5.96 Å². The summed E-state index contributed by atoms with van der Waals surface area (Å²) in [5.74, 6) is 3.06. The number of nitrogens with zero attached hydrogens (tertiary/aromatic N) is 1. The average Bonchev–Trinajstić information content (AvgIpc) is 2.34. The molecule has 0 amide bonds. The van der Waals surface area contributed by atoms with Crippen molar-refractivity contribution in [2.45, 2.75) is 33.1 Å². The largest absolute Gasteiger partial charge is 0.357 e. The van der Waals surface area contributed by atoms with Crippen molar-refractivity contribution in [1.29, 1.82) is 0 Å². The lowest BCUT2D eigenvalue weighted by molar-refractivity contribution is 0.719. The molecular weight excluding hydrogens is 357 g/mol. The van der Waals surface area contributed by atoms with Crippen LogP contribution in [-0.4, -0.2) is 37.1 Å². The van der Waals surface area contributed by atoms with Crippen LogP contribution in [0.3, 0.4) is 0 Å². The Kier molecular flexibility index (Phi) is 19.4. The molecule has 0 aromatic rings. The van der Waals surface area contributed by atoms with Crippen LogP contribution in [0.2, 0.25) is 0 Å². The smallest absolute Gasteiger partial charge is 0.191 e. The summed E-state index contributed by atoms with van der Waals surface area (Å²) in [6, 6.07) is 0. The Bertz CT molecular complexity index is 210. The van der Waals surface area contributed by atoms with Crippen molar-refractivity contribution in [3.05, 3.63) is 12.7 Å². The molecule has 5 heteroatoms. The van der Waals surface area contributed by atoms with Crippen molar-refractivity contribution in [2.75, 3.05) is 31.1 Å². The minimum Gasteiger partial charge on any atom is -0.357 e. The van der Waals surface area contributed by atoms with E-state index in [1.807, 2.05) is 17.8 Å². The lowest BCUT2D eigenvalue weighted by Crippen LogP contribution is -2.38. The molecule has 0 aliphatic heterocycles. The summed E-state index contributed by atoms with van der Waals surface area (Å²) in [7, 11) is 0. The van der Waals surface area contributed by atoms with Gasteiger partial charge in [-0.2, -0.15) is 11.8 Å². The Morgan fingerprint density at radius 2 is 2.06 bits per heavy atom. The van der Waals surface area contributed by atoms with Crippen LogP contribution >= 0.6 is 35.7 Å². The second kappa shape index (κ2) is 17.1. The third-order valence-corrected chi connectivity index (χ3v) is 3.11. The lowest BCUT2D eigenvalue weighted by atomic mass is 10.2. The zero-order valence-corrected chi connectivity index (χ0v) is 14.9. The molecule has 2 N–H and O–H groups in total. The average molecular weight is 385 g/mol. The molecule has 0 aliphatic carbocycles. The molecule has 0 saturated carbocycles. The van der Waals surface area contributed by atoms with E-state index >= 15 is 0 Å². The number of hydrogen-bond acceptors (Lipinski definition) is 2. The van der Waals surface area contributed by atoms with Crippen molar-refractivity contribution in [3.63, 3.8) is 0 Å². The van der Waals surface area contributed by atoms with E-state index in [1.54, 1.807) is 0 Å². The van der Waals surface area contributed by atoms with Crippen molar-refractivity contribution >= 4 is 41.7 Å². The maximum absolute atomic E-state index is 4.53. The molecule has 0 bridgehead atoms. The van der Waals surface area contributed by atoms with Gasteiger partial charge in [0.1, 0.15) is 0 Å². The molecule has 108 valence electrons. The van der Waals surface area contributed by atoms with Crippen LogP contribution in [0.25, 0.3) is 0 Å². The van der Waals surface area contributed by atoms with Crippen LogP contribution in [0.1, 0.15) is 33.1 Å². The Balaban J connectivity index is 0. The maximum atomic E-state index is 4.53. The van der Waals surface area contributed by atoms with Gasteiger partial charge in [-0.05, 0) is 13.3 Å². The highest BCUT2D eigenvalue weighted by Gasteiger charge is 1.95. The van der Waals surface area contributed by atoms with Crippen LogP contribution in [0.15, 0.2) is 17.6 Å². The first-order chi connectivity index (χ1) is 8.35. The predicted molar refractivity (Wildman–Crippen MR) is 96.4 cm³/mol. The molecule has 0 radical (unpaired) electrons. The Morgan fingerprint density at radius 1 is 1.28 bits per heavy atom. The lowest BCUT2D eigenvalue weighted by Gasteiger charge is -2.10. The van der Waals surface area contributed by atoms with E-state index in [-0.39, 0.29) is 24.0 Å². The predicted octanol–water partition coefficient (Wildman–Crippen LogP) is 3.27. The summed E-state index contributed by atoms with van der Waals surface area (Å²) in [4.78, 5) is 4.53.